The topological polar surface area (TPSA) is 65.5 Å². The number of ether oxygens (including phenoxy) is 2. The number of hydrogen-bond donors (Lipinski definition) is 0. The average Bonchev–Trinajstić information content (AvgIpc) is 2.10. The fourth-order valence-corrected chi connectivity index (χ4v) is 1.99. The van der Waals surface area contributed by atoms with Crippen molar-refractivity contribution in [2.45, 2.75) is 11.0 Å². The van der Waals surface area contributed by atoms with Crippen molar-refractivity contribution in [3.63, 3.8) is 0 Å². The van der Waals surface area contributed by atoms with Gasteiger partial charge in [-0.15, -0.1) is 0 Å². The smallest absolute Gasteiger partial charge is 0.266 e. The molecule has 1 aromatic rings. The van der Waals surface area contributed by atoms with Crippen LogP contribution >= 0.6 is 10.7 Å². The molecule has 1 fully saturated rings. The van der Waals surface area contributed by atoms with E-state index in [9.17, 15) is 8.42 Å². The maximum Gasteiger partial charge on any atom is 0.266 e. The second-order valence-electron chi connectivity index (χ2n) is 3.02. The lowest BCUT2D eigenvalue weighted by Crippen LogP contribution is -2.39. The van der Waals surface area contributed by atoms with Crippen molar-refractivity contribution in [3.8, 4) is 5.88 Å². The standard InChI is InChI=1S/C8H8ClNO4S/c9-15(11,12)7-2-1-3-10-8(7)14-6-4-13-5-6/h1-3,6H,4-5H2. The Hall–Kier alpha value is -0.850. The Morgan fingerprint density at radius 3 is 2.80 bits per heavy atom. The lowest BCUT2D eigenvalue weighted by molar-refractivity contribution is -0.0824. The molecule has 0 atom stereocenters. The Morgan fingerprint density at radius 2 is 2.27 bits per heavy atom. The van der Waals surface area contributed by atoms with Crippen molar-refractivity contribution in [2.24, 2.45) is 0 Å². The zero-order valence-corrected chi connectivity index (χ0v) is 9.16. The maximum absolute atomic E-state index is 11.2. The third-order valence-electron chi connectivity index (χ3n) is 1.88. The fourth-order valence-electron chi connectivity index (χ4n) is 1.09. The van der Waals surface area contributed by atoms with Gasteiger partial charge in [0.05, 0.1) is 13.2 Å². The van der Waals surface area contributed by atoms with Crippen molar-refractivity contribution < 1.29 is 17.9 Å². The van der Waals surface area contributed by atoms with Crippen LogP contribution < -0.4 is 4.74 Å². The summed E-state index contributed by atoms with van der Waals surface area (Å²) in [5.41, 5.74) is 0. The first-order valence-electron chi connectivity index (χ1n) is 4.21. The first-order chi connectivity index (χ1) is 7.07. The summed E-state index contributed by atoms with van der Waals surface area (Å²) in [6.45, 7) is 0.886. The summed E-state index contributed by atoms with van der Waals surface area (Å²) < 4.78 is 32.5. The molecule has 0 aliphatic carbocycles. The summed E-state index contributed by atoms with van der Waals surface area (Å²) in [5.74, 6) is 0.0285. The van der Waals surface area contributed by atoms with Gasteiger partial charge >= 0.3 is 0 Å². The molecule has 0 bridgehead atoms. The van der Waals surface area contributed by atoms with Crippen LogP contribution in [-0.2, 0) is 13.8 Å². The summed E-state index contributed by atoms with van der Waals surface area (Å²) >= 11 is 0. The largest absolute Gasteiger partial charge is 0.468 e. The number of halogens is 1. The molecule has 82 valence electrons. The molecule has 2 rings (SSSR count). The minimum Gasteiger partial charge on any atom is -0.468 e. The Bertz CT molecular complexity index is 457. The molecule has 0 amide bonds. The molecule has 0 radical (unpaired) electrons. The van der Waals surface area contributed by atoms with Gasteiger partial charge in [0.25, 0.3) is 9.05 Å². The number of nitrogens with zero attached hydrogens (tertiary/aromatic N) is 1. The molecule has 1 aliphatic heterocycles. The van der Waals surface area contributed by atoms with Crippen molar-refractivity contribution in [1.29, 1.82) is 0 Å². The van der Waals surface area contributed by atoms with E-state index in [-0.39, 0.29) is 16.9 Å². The predicted molar refractivity (Wildman–Crippen MR) is 52.5 cm³/mol. The first-order valence-corrected chi connectivity index (χ1v) is 6.52. The van der Waals surface area contributed by atoms with E-state index in [0.717, 1.165) is 0 Å². The molecule has 1 aromatic heterocycles. The quantitative estimate of drug-likeness (QED) is 0.741. The highest BCUT2D eigenvalue weighted by molar-refractivity contribution is 8.13. The molecular formula is C8H8ClNO4S. The minimum atomic E-state index is -3.82. The van der Waals surface area contributed by atoms with Gasteiger partial charge in [0.1, 0.15) is 11.0 Å². The van der Waals surface area contributed by atoms with Crippen LogP contribution in [0.3, 0.4) is 0 Å². The molecule has 0 unspecified atom stereocenters. The Morgan fingerprint density at radius 1 is 1.53 bits per heavy atom. The highest BCUT2D eigenvalue weighted by Crippen LogP contribution is 2.25. The van der Waals surface area contributed by atoms with Crippen LogP contribution in [0.2, 0.25) is 0 Å². The first kappa shape index (κ1) is 10.7. The molecule has 5 nitrogen and oxygen atoms in total. The van der Waals surface area contributed by atoms with Gasteiger partial charge in [-0.2, -0.15) is 0 Å². The normalized spacial score (nSPS) is 17.1. The minimum absolute atomic E-state index is 0.0285. The van der Waals surface area contributed by atoms with Crippen LogP contribution in [0.25, 0.3) is 0 Å². The van der Waals surface area contributed by atoms with E-state index in [4.69, 9.17) is 20.2 Å². The fraction of sp³-hybridized carbons (Fsp3) is 0.375. The molecule has 0 spiro atoms. The SMILES string of the molecule is O=S(=O)(Cl)c1cccnc1OC1COC1. The van der Waals surface area contributed by atoms with Crippen molar-refractivity contribution in [3.05, 3.63) is 18.3 Å². The zero-order valence-electron chi connectivity index (χ0n) is 7.59. The van der Waals surface area contributed by atoms with E-state index in [1.165, 1.54) is 18.3 Å². The van der Waals surface area contributed by atoms with Crippen LogP contribution in [0.4, 0.5) is 0 Å². The molecule has 1 aliphatic rings. The monoisotopic (exact) mass is 249 g/mol. The molecule has 1 saturated heterocycles. The number of rotatable bonds is 3. The van der Waals surface area contributed by atoms with Crippen LogP contribution in [0.15, 0.2) is 23.2 Å². The van der Waals surface area contributed by atoms with Gasteiger partial charge in [-0.1, -0.05) is 0 Å². The molecule has 7 heteroatoms. The highest BCUT2D eigenvalue weighted by Gasteiger charge is 2.25. The highest BCUT2D eigenvalue weighted by atomic mass is 35.7. The van der Waals surface area contributed by atoms with E-state index in [0.29, 0.717) is 13.2 Å². The van der Waals surface area contributed by atoms with E-state index in [1.54, 1.807) is 0 Å². The predicted octanol–water partition coefficient (Wildman–Crippen LogP) is 0.787. The van der Waals surface area contributed by atoms with Gasteiger partial charge in [-0.3, -0.25) is 0 Å². The molecule has 0 saturated carbocycles. The molecule has 15 heavy (non-hydrogen) atoms. The van der Waals surface area contributed by atoms with E-state index >= 15 is 0 Å². The lowest BCUT2D eigenvalue weighted by atomic mass is 10.3. The van der Waals surface area contributed by atoms with Crippen LogP contribution in [0.1, 0.15) is 0 Å². The molecule has 0 aromatic carbocycles. The summed E-state index contributed by atoms with van der Waals surface area (Å²) in [6, 6.07) is 2.84. The zero-order chi connectivity index (χ0) is 10.9. The molecule has 2 heterocycles. The Kier molecular flexibility index (Phi) is 2.81. The second kappa shape index (κ2) is 3.96. The van der Waals surface area contributed by atoms with Crippen molar-refractivity contribution >= 4 is 19.7 Å². The van der Waals surface area contributed by atoms with Gasteiger partial charge in [-0.25, -0.2) is 13.4 Å². The number of hydrogen-bond acceptors (Lipinski definition) is 5. The maximum atomic E-state index is 11.2. The van der Waals surface area contributed by atoms with Crippen LogP contribution in [0, 0.1) is 0 Å². The van der Waals surface area contributed by atoms with Gasteiger partial charge in [0.2, 0.25) is 5.88 Å². The molecular weight excluding hydrogens is 242 g/mol. The summed E-state index contributed by atoms with van der Waals surface area (Å²) in [7, 11) is 1.41. The Labute approximate surface area is 91.4 Å². The summed E-state index contributed by atoms with van der Waals surface area (Å²) in [6.07, 6.45) is 1.30. The number of pyridine rings is 1. The summed E-state index contributed by atoms with van der Waals surface area (Å²) in [4.78, 5) is 3.71. The van der Waals surface area contributed by atoms with Crippen LogP contribution in [-0.4, -0.2) is 32.7 Å². The average molecular weight is 250 g/mol. The molecule has 0 N–H and O–H groups in total. The lowest BCUT2D eigenvalue weighted by Gasteiger charge is -2.26. The van der Waals surface area contributed by atoms with Crippen molar-refractivity contribution in [2.75, 3.05) is 13.2 Å². The van der Waals surface area contributed by atoms with Gasteiger partial charge < -0.3 is 9.47 Å². The van der Waals surface area contributed by atoms with Gasteiger partial charge in [0.15, 0.2) is 0 Å². The summed E-state index contributed by atoms with van der Waals surface area (Å²) in [5, 5.41) is 0. The van der Waals surface area contributed by atoms with Crippen molar-refractivity contribution in [1.82, 2.24) is 4.98 Å². The third-order valence-corrected chi connectivity index (χ3v) is 3.22. The van der Waals surface area contributed by atoms with Crippen LogP contribution in [0.5, 0.6) is 5.88 Å². The van der Waals surface area contributed by atoms with E-state index in [2.05, 4.69) is 4.98 Å². The van der Waals surface area contributed by atoms with Gasteiger partial charge in [0, 0.05) is 16.9 Å². The second-order valence-corrected chi connectivity index (χ2v) is 5.56. The van der Waals surface area contributed by atoms with E-state index < -0.39 is 9.05 Å². The Balaban J connectivity index is 2.29. The van der Waals surface area contributed by atoms with Gasteiger partial charge in [-0.05, 0) is 12.1 Å². The van der Waals surface area contributed by atoms with E-state index in [1.807, 2.05) is 0 Å². The number of aromatic nitrogens is 1. The third kappa shape index (κ3) is 2.39.